The molecule has 4 heteroatoms. The smallest absolute Gasteiger partial charge is 0.135 e. The molecule has 0 saturated carbocycles. The van der Waals surface area contributed by atoms with Gasteiger partial charge in [-0.15, -0.1) is 0 Å². The Balaban J connectivity index is 1.84. The second kappa shape index (κ2) is 10.0. The lowest BCUT2D eigenvalue weighted by Gasteiger charge is -2.24. The van der Waals surface area contributed by atoms with Gasteiger partial charge in [0.15, 0.2) is 0 Å². The molecule has 0 N–H and O–H groups in total. The minimum absolute atomic E-state index is 0.159. The van der Waals surface area contributed by atoms with Crippen molar-refractivity contribution in [1.82, 2.24) is 0 Å². The Hall–Kier alpha value is -3.14. The number of methoxy groups -OCH3 is 1. The van der Waals surface area contributed by atoms with Crippen LogP contribution in [0.3, 0.4) is 0 Å². The van der Waals surface area contributed by atoms with E-state index in [9.17, 15) is 9.18 Å². The summed E-state index contributed by atoms with van der Waals surface area (Å²) in [5.41, 5.74) is 3.91. The molecule has 0 bridgehead atoms. The molecule has 0 atom stereocenters. The van der Waals surface area contributed by atoms with Gasteiger partial charge in [0.05, 0.1) is 7.11 Å². The molecule has 34 heavy (non-hydrogen) atoms. The molecule has 0 unspecified atom stereocenters. The molecule has 180 valence electrons. The molecule has 0 aliphatic heterocycles. The van der Waals surface area contributed by atoms with E-state index < -0.39 is 0 Å². The van der Waals surface area contributed by atoms with Crippen molar-refractivity contribution in [1.29, 1.82) is 0 Å². The molecule has 0 radical (unpaired) electrons. The lowest BCUT2D eigenvalue weighted by Crippen LogP contribution is -2.23. The number of benzene rings is 3. The molecule has 0 aliphatic rings. The SMILES string of the molecule is COc1ccc(F)c(-c2cc(COc3ccc(CC(C)(C)C(C)=O)cc3)ccc2C(C)(C)C)c1. The maximum absolute atomic E-state index is 14.8. The third-order valence-corrected chi connectivity index (χ3v) is 6.28. The summed E-state index contributed by atoms with van der Waals surface area (Å²) in [6, 6.07) is 18.8. The van der Waals surface area contributed by atoms with Crippen LogP contribution < -0.4 is 9.47 Å². The van der Waals surface area contributed by atoms with E-state index in [0.717, 1.165) is 28.0 Å². The molecule has 0 aliphatic carbocycles. The summed E-state index contributed by atoms with van der Waals surface area (Å²) < 4.78 is 26.2. The molecule has 3 rings (SSSR count). The van der Waals surface area contributed by atoms with Crippen LogP contribution in [-0.4, -0.2) is 12.9 Å². The fraction of sp³-hybridized carbons (Fsp3) is 0.367. The largest absolute Gasteiger partial charge is 0.497 e. The topological polar surface area (TPSA) is 35.5 Å². The van der Waals surface area contributed by atoms with E-state index in [-0.39, 0.29) is 22.4 Å². The number of ether oxygens (including phenoxy) is 2. The third kappa shape index (κ3) is 6.05. The zero-order valence-electron chi connectivity index (χ0n) is 21.3. The average Bonchev–Trinajstić information content (AvgIpc) is 2.78. The first-order valence-electron chi connectivity index (χ1n) is 11.6. The highest BCUT2D eigenvalue weighted by molar-refractivity contribution is 5.81. The molecule has 3 aromatic rings. The van der Waals surface area contributed by atoms with E-state index in [1.807, 2.05) is 50.2 Å². The number of halogens is 1. The van der Waals surface area contributed by atoms with Gasteiger partial charge in [0.2, 0.25) is 0 Å². The van der Waals surface area contributed by atoms with Crippen LogP contribution in [0.1, 0.15) is 58.2 Å². The third-order valence-electron chi connectivity index (χ3n) is 6.28. The number of hydrogen-bond acceptors (Lipinski definition) is 3. The zero-order chi connectivity index (χ0) is 25.1. The van der Waals surface area contributed by atoms with Crippen molar-refractivity contribution in [3.8, 4) is 22.6 Å². The Bertz CT molecular complexity index is 1150. The van der Waals surface area contributed by atoms with Gasteiger partial charge >= 0.3 is 0 Å². The predicted molar refractivity (Wildman–Crippen MR) is 136 cm³/mol. The summed E-state index contributed by atoms with van der Waals surface area (Å²) in [6.07, 6.45) is 0.687. The van der Waals surface area contributed by atoms with Crippen molar-refractivity contribution in [2.45, 2.75) is 60.0 Å². The first-order chi connectivity index (χ1) is 15.9. The quantitative estimate of drug-likeness (QED) is 0.347. The van der Waals surface area contributed by atoms with Gasteiger partial charge in [-0.25, -0.2) is 4.39 Å². The molecule has 0 spiro atoms. The molecule has 3 aromatic carbocycles. The highest BCUT2D eigenvalue weighted by atomic mass is 19.1. The number of ketones is 1. The van der Waals surface area contributed by atoms with Crippen molar-refractivity contribution >= 4 is 5.78 Å². The van der Waals surface area contributed by atoms with E-state index in [0.29, 0.717) is 24.3 Å². The minimum Gasteiger partial charge on any atom is -0.497 e. The van der Waals surface area contributed by atoms with Crippen LogP contribution in [0.25, 0.3) is 11.1 Å². The summed E-state index contributed by atoms with van der Waals surface area (Å²) in [5.74, 6) is 1.26. The van der Waals surface area contributed by atoms with E-state index in [2.05, 4.69) is 26.8 Å². The summed E-state index contributed by atoms with van der Waals surface area (Å²) in [5, 5.41) is 0. The van der Waals surface area contributed by atoms with Crippen LogP contribution in [0, 0.1) is 11.2 Å². The molecule has 0 saturated heterocycles. The van der Waals surface area contributed by atoms with Gasteiger partial charge in [-0.2, -0.15) is 0 Å². The number of rotatable bonds is 8. The molecule has 0 heterocycles. The first kappa shape index (κ1) is 25.5. The number of Topliss-reactive ketones (excluding diaryl/α,β-unsaturated/α-hetero) is 1. The summed E-state index contributed by atoms with van der Waals surface area (Å²) in [7, 11) is 1.58. The van der Waals surface area contributed by atoms with Crippen LogP contribution in [0.4, 0.5) is 4.39 Å². The van der Waals surface area contributed by atoms with Gasteiger partial charge in [-0.1, -0.05) is 58.9 Å². The molecule has 0 fully saturated rings. The number of hydrogen-bond donors (Lipinski definition) is 0. The van der Waals surface area contributed by atoms with E-state index in [1.54, 1.807) is 26.2 Å². The fourth-order valence-electron chi connectivity index (χ4n) is 3.90. The Labute approximate surface area is 202 Å². The van der Waals surface area contributed by atoms with Crippen molar-refractivity contribution in [2.24, 2.45) is 5.41 Å². The van der Waals surface area contributed by atoms with Crippen LogP contribution in [-0.2, 0) is 23.2 Å². The summed E-state index contributed by atoms with van der Waals surface area (Å²) in [4.78, 5) is 11.8. The van der Waals surface area contributed by atoms with Crippen molar-refractivity contribution in [2.75, 3.05) is 7.11 Å². The van der Waals surface area contributed by atoms with Gasteiger partial charge in [-0.3, -0.25) is 4.79 Å². The van der Waals surface area contributed by atoms with Gasteiger partial charge in [0.1, 0.15) is 29.7 Å². The number of carbonyl (C=O) groups excluding carboxylic acids is 1. The van der Waals surface area contributed by atoms with Crippen LogP contribution in [0.5, 0.6) is 11.5 Å². The maximum atomic E-state index is 14.8. The Kier molecular flexibility index (Phi) is 7.50. The average molecular weight is 463 g/mol. The summed E-state index contributed by atoms with van der Waals surface area (Å²) in [6.45, 7) is 12.3. The van der Waals surface area contributed by atoms with Gasteiger partial charge in [0, 0.05) is 11.0 Å². The second-order valence-corrected chi connectivity index (χ2v) is 10.5. The monoisotopic (exact) mass is 462 g/mol. The standard InChI is InChI=1S/C30H35FO3/c1-20(32)30(5,6)18-21-8-11-23(12-9-21)34-19-22-10-14-27(29(2,3)4)25(16-22)26-17-24(33-7)13-15-28(26)31/h8-17H,18-19H2,1-7H3. The summed E-state index contributed by atoms with van der Waals surface area (Å²) >= 11 is 0. The number of carbonyl (C=O) groups is 1. The molecule has 0 aromatic heterocycles. The maximum Gasteiger partial charge on any atom is 0.135 e. The molecule has 0 amide bonds. The molecular formula is C30H35FO3. The van der Waals surface area contributed by atoms with E-state index >= 15 is 0 Å². The predicted octanol–water partition coefficient (Wildman–Crippen LogP) is 7.54. The van der Waals surface area contributed by atoms with Crippen molar-refractivity contribution in [3.05, 3.63) is 83.2 Å². The van der Waals surface area contributed by atoms with Gasteiger partial charge in [0.25, 0.3) is 0 Å². The lowest BCUT2D eigenvalue weighted by molar-refractivity contribution is -0.124. The first-order valence-corrected chi connectivity index (χ1v) is 11.6. The normalized spacial score (nSPS) is 11.9. The minimum atomic E-state index is -0.386. The molecular weight excluding hydrogens is 427 g/mol. The van der Waals surface area contributed by atoms with Crippen LogP contribution in [0.15, 0.2) is 60.7 Å². The highest BCUT2D eigenvalue weighted by Gasteiger charge is 2.24. The van der Waals surface area contributed by atoms with Gasteiger partial charge < -0.3 is 9.47 Å². The Morgan fingerprint density at radius 2 is 1.44 bits per heavy atom. The van der Waals surface area contributed by atoms with Crippen molar-refractivity contribution < 1.29 is 18.7 Å². The fourth-order valence-corrected chi connectivity index (χ4v) is 3.90. The Morgan fingerprint density at radius 1 is 0.824 bits per heavy atom. The highest BCUT2D eigenvalue weighted by Crippen LogP contribution is 2.37. The van der Waals surface area contributed by atoms with Gasteiger partial charge in [-0.05, 0) is 77.4 Å². The lowest BCUT2D eigenvalue weighted by atomic mass is 9.81. The van der Waals surface area contributed by atoms with Crippen molar-refractivity contribution in [3.63, 3.8) is 0 Å². The van der Waals surface area contributed by atoms with Crippen LogP contribution in [0.2, 0.25) is 0 Å². The second-order valence-electron chi connectivity index (χ2n) is 10.5. The zero-order valence-corrected chi connectivity index (χ0v) is 21.3. The Morgan fingerprint density at radius 3 is 2.03 bits per heavy atom. The molecule has 3 nitrogen and oxygen atoms in total. The van der Waals surface area contributed by atoms with E-state index in [1.165, 1.54) is 6.07 Å². The van der Waals surface area contributed by atoms with E-state index in [4.69, 9.17) is 9.47 Å². The van der Waals surface area contributed by atoms with Crippen LogP contribution >= 0.6 is 0 Å².